The van der Waals surface area contributed by atoms with Gasteiger partial charge in [-0.3, -0.25) is 9.59 Å². The minimum Gasteiger partial charge on any atom is -0.483 e. The van der Waals surface area contributed by atoms with Crippen molar-refractivity contribution in [3.05, 3.63) is 43.1 Å². The average molecular weight is 402 g/mol. The second-order valence-corrected chi connectivity index (χ2v) is 7.14. The zero-order valence-electron chi connectivity index (χ0n) is 16.4. The fraction of sp³-hybridized carbons (Fsp3) is 0.500. The molecule has 1 saturated carbocycles. The van der Waals surface area contributed by atoms with Crippen LogP contribution in [0.4, 0.5) is 0 Å². The molecule has 0 spiro atoms. The third kappa shape index (κ3) is 4.73. The zero-order chi connectivity index (χ0) is 20.7. The number of imidazole rings is 1. The van der Waals surface area contributed by atoms with Crippen molar-refractivity contribution in [1.29, 1.82) is 0 Å². The smallest absolute Gasteiger partial charge is 0.290 e. The average Bonchev–Trinajstić information content (AvgIpc) is 3.37. The van der Waals surface area contributed by atoms with Gasteiger partial charge in [-0.15, -0.1) is 0 Å². The molecule has 2 fully saturated rings. The van der Waals surface area contributed by atoms with Crippen LogP contribution in [0.2, 0.25) is 0 Å². The van der Waals surface area contributed by atoms with Crippen molar-refractivity contribution in [3.63, 3.8) is 0 Å². The van der Waals surface area contributed by atoms with Crippen LogP contribution in [0.15, 0.2) is 43.1 Å². The molecule has 2 aliphatic rings. The number of hydrogen-bond donors (Lipinski definition) is 1. The predicted octanol–water partition coefficient (Wildman–Crippen LogP) is 1.60. The van der Waals surface area contributed by atoms with E-state index in [0.717, 1.165) is 32.2 Å². The Morgan fingerprint density at radius 2 is 2.21 bits per heavy atom. The highest BCUT2D eigenvalue weighted by Gasteiger charge is 2.52. The van der Waals surface area contributed by atoms with Gasteiger partial charge in [-0.1, -0.05) is 6.07 Å². The van der Waals surface area contributed by atoms with E-state index >= 15 is 0 Å². The fourth-order valence-electron chi connectivity index (χ4n) is 4.28. The highest BCUT2D eigenvalue weighted by atomic mass is 16.5. The van der Waals surface area contributed by atoms with Crippen molar-refractivity contribution < 1.29 is 24.2 Å². The van der Waals surface area contributed by atoms with Gasteiger partial charge in [0, 0.05) is 44.7 Å². The van der Waals surface area contributed by atoms with Gasteiger partial charge < -0.3 is 24.0 Å². The van der Waals surface area contributed by atoms with E-state index in [-0.39, 0.29) is 30.1 Å². The summed E-state index contributed by atoms with van der Waals surface area (Å²) in [5.41, 5.74) is -0.255. The Labute approximate surface area is 169 Å². The number of carbonyl (C=O) groups excluding carboxylic acids is 1. The van der Waals surface area contributed by atoms with Crippen LogP contribution in [0.25, 0.3) is 0 Å². The molecule has 1 amide bonds. The van der Waals surface area contributed by atoms with E-state index in [4.69, 9.17) is 19.4 Å². The van der Waals surface area contributed by atoms with Crippen LogP contribution in [0, 0.1) is 0 Å². The van der Waals surface area contributed by atoms with Crippen LogP contribution in [0.5, 0.6) is 5.88 Å². The molecule has 0 radical (unpaired) electrons. The van der Waals surface area contributed by atoms with Gasteiger partial charge in [0.2, 0.25) is 11.8 Å². The Kier molecular flexibility index (Phi) is 6.82. The van der Waals surface area contributed by atoms with E-state index in [1.165, 1.54) is 0 Å². The lowest BCUT2D eigenvalue weighted by molar-refractivity contribution is -0.140. The van der Waals surface area contributed by atoms with Crippen molar-refractivity contribution in [1.82, 2.24) is 19.4 Å². The normalized spacial score (nSPS) is 25.5. The summed E-state index contributed by atoms with van der Waals surface area (Å²) in [4.78, 5) is 31.5. The topological polar surface area (TPSA) is 107 Å². The fourth-order valence-corrected chi connectivity index (χ4v) is 4.28. The second-order valence-electron chi connectivity index (χ2n) is 7.14. The molecule has 3 heterocycles. The molecular weight excluding hydrogens is 376 g/mol. The molecule has 1 N–H and O–H groups in total. The number of aromatic nitrogens is 3. The summed E-state index contributed by atoms with van der Waals surface area (Å²) in [5, 5.41) is 6.89. The molecule has 29 heavy (non-hydrogen) atoms. The maximum Gasteiger partial charge on any atom is 0.290 e. The van der Waals surface area contributed by atoms with Gasteiger partial charge in [0.05, 0.1) is 18.0 Å². The van der Waals surface area contributed by atoms with Crippen LogP contribution in [0.3, 0.4) is 0 Å². The lowest BCUT2D eigenvalue weighted by atomic mass is 9.79. The van der Waals surface area contributed by atoms with Gasteiger partial charge in [0.25, 0.3) is 6.47 Å². The van der Waals surface area contributed by atoms with Crippen LogP contribution < -0.4 is 4.74 Å². The molecule has 3 atom stereocenters. The van der Waals surface area contributed by atoms with Gasteiger partial charge in [-0.25, -0.2) is 9.97 Å². The minimum absolute atomic E-state index is 0.0333. The number of hydrogen-bond acceptors (Lipinski definition) is 6. The summed E-state index contributed by atoms with van der Waals surface area (Å²) in [6.45, 7) is 0.782. The number of methoxy groups -OCH3 is 1. The van der Waals surface area contributed by atoms with Crippen molar-refractivity contribution >= 4 is 12.4 Å². The van der Waals surface area contributed by atoms with E-state index in [9.17, 15) is 4.79 Å². The highest BCUT2D eigenvalue weighted by molar-refractivity contribution is 5.77. The summed E-state index contributed by atoms with van der Waals surface area (Å²) in [7, 11) is 1.76. The predicted molar refractivity (Wildman–Crippen MR) is 103 cm³/mol. The highest BCUT2D eigenvalue weighted by Crippen LogP contribution is 2.43. The number of likely N-dealkylation sites (tertiary alicyclic amines) is 1. The molecule has 0 unspecified atom stereocenters. The maximum absolute atomic E-state index is 12.9. The molecule has 1 saturated heterocycles. The van der Waals surface area contributed by atoms with E-state index < -0.39 is 0 Å². The van der Waals surface area contributed by atoms with Crippen LogP contribution in [-0.4, -0.2) is 68.3 Å². The Hall–Kier alpha value is -2.94. The van der Waals surface area contributed by atoms with Gasteiger partial charge in [-0.05, 0) is 25.3 Å². The molecular formula is C20H26N4O5. The van der Waals surface area contributed by atoms with Crippen LogP contribution in [0.1, 0.15) is 25.7 Å². The molecule has 2 aromatic rings. The zero-order valence-corrected chi connectivity index (χ0v) is 16.4. The number of pyridine rings is 1. The first-order valence-corrected chi connectivity index (χ1v) is 9.58. The number of ether oxygens (including phenoxy) is 2. The van der Waals surface area contributed by atoms with Crippen molar-refractivity contribution in [3.8, 4) is 5.88 Å². The van der Waals surface area contributed by atoms with Gasteiger partial charge in [-0.2, -0.15) is 0 Å². The third-order valence-corrected chi connectivity index (χ3v) is 5.66. The number of rotatable bonds is 5. The van der Waals surface area contributed by atoms with Crippen LogP contribution >= 0.6 is 0 Å². The van der Waals surface area contributed by atoms with E-state index in [1.807, 2.05) is 29.3 Å². The Balaban J connectivity index is 0.000000755. The number of nitrogens with zero attached hydrogens (tertiary/aromatic N) is 4. The van der Waals surface area contributed by atoms with E-state index in [2.05, 4.69) is 9.97 Å². The number of fused-ring (bicyclic) bond motifs is 1. The molecule has 2 aromatic heterocycles. The first-order chi connectivity index (χ1) is 14.1. The molecule has 0 aromatic carbocycles. The molecule has 1 aliphatic carbocycles. The summed E-state index contributed by atoms with van der Waals surface area (Å²) in [6.07, 6.45) is 10.4. The van der Waals surface area contributed by atoms with Gasteiger partial charge in [0.1, 0.15) is 12.6 Å². The monoisotopic (exact) mass is 402 g/mol. The third-order valence-electron chi connectivity index (χ3n) is 5.66. The number of carbonyl (C=O) groups is 2. The molecule has 4 rings (SSSR count). The summed E-state index contributed by atoms with van der Waals surface area (Å²) < 4.78 is 13.8. The minimum atomic E-state index is -0.255. The van der Waals surface area contributed by atoms with Crippen molar-refractivity contribution in [2.75, 3.05) is 13.7 Å². The second kappa shape index (κ2) is 9.51. The van der Waals surface area contributed by atoms with Gasteiger partial charge in [0.15, 0.2) is 0 Å². The first-order valence-electron chi connectivity index (χ1n) is 9.58. The Morgan fingerprint density at radius 3 is 2.86 bits per heavy atom. The Morgan fingerprint density at radius 1 is 1.38 bits per heavy atom. The molecule has 0 bridgehead atoms. The van der Waals surface area contributed by atoms with E-state index in [0.29, 0.717) is 12.4 Å². The molecule has 1 aliphatic heterocycles. The van der Waals surface area contributed by atoms with Crippen LogP contribution in [-0.2, 0) is 20.9 Å². The summed E-state index contributed by atoms with van der Waals surface area (Å²) in [6, 6.07) is 5.69. The first kappa shape index (κ1) is 20.8. The summed E-state index contributed by atoms with van der Waals surface area (Å²) >= 11 is 0. The largest absolute Gasteiger partial charge is 0.483 e. The van der Waals surface area contributed by atoms with Gasteiger partial charge >= 0.3 is 0 Å². The quantitative estimate of drug-likeness (QED) is 0.757. The SMILES string of the molecule is CO[C@@]12CC[C@H](Oc3ccccn3)C[C@@H]1N(C(=O)Cn1ccnc1)CC2.O=CO. The lowest BCUT2D eigenvalue weighted by Gasteiger charge is -2.43. The van der Waals surface area contributed by atoms with Crippen molar-refractivity contribution in [2.24, 2.45) is 0 Å². The van der Waals surface area contributed by atoms with E-state index in [1.54, 1.807) is 30.4 Å². The molecule has 156 valence electrons. The van der Waals surface area contributed by atoms with Crippen molar-refractivity contribution in [2.45, 2.75) is 50.0 Å². The maximum atomic E-state index is 12.9. The number of carboxylic acid groups (broad SMARTS) is 1. The Bertz CT molecular complexity index is 785. The standard InChI is InChI=1S/C19H24N4O3.CH2O2/c1-25-19-6-5-15(26-17-4-2-3-8-21-17)12-16(19)23(10-7-19)18(24)13-22-11-9-20-14-22;2-1-3/h2-4,8-9,11,14-16H,5-7,10,12-13H2,1H3;1H,(H,2,3)/t15-,16-,19+;/m0./s1. The molecule has 9 nitrogen and oxygen atoms in total. The summed E-state index contributed by atoms with van der Waals surface area (Å²) in [5.74, 6) is 0.738. The lowest BCUT2D eigenvalue weighted by Crippen LogP contribution is -2.54. The number of amides is 1. The molecule has 9 heteroatoms.